The summed E-state index contributed by atoms with van der Waals surface area (Å²) in [4.78, 5) is 11.8. The summed E-state index contributed by atoms with van der Waals surface area (Å²) in [6.45, 7) is 7.38. The maximum absolute atomic E-state index is 11.8. The van der Waals surface area contributed by atoms with Gasteiger partial charge in [-0.2, -0.15) is 0 Å². The molecular formula is C18H22N4O3S. The topological polar surface area (TPSA) is 78.3 Å². The fourth-order valence-electron chi connectivity index (χ4n) is 2.54. The molecule has 2 aromatic rings. The largest absolute Gasteiger partial charge is 0.485 e. The lowest BCUT2D eigenvalue weighted by Crippen LogP contribution is -2.26. The van der Waals surface area contributed by atoms with Crippen LogP contribution in [0.25, 0.3) is 0 Å². The van der Waals surface area contributed by atoms with Crippen molar-refractivity contribution < 1.29 is 14.3 Å². The smallest absolute Gasteiger partial charge is 0.230 e. The van der Waals surface area contributed by atoms with Gasteiger partial charge in [0.15, 0.2) is 28.6 Å². The van der Waals surface area contributed by atoms with Crippen LogP contribution < -0.4 is 14.8 Å². The molecule has 7 nitrogen and oxygen atoms in total. The minimum atomic E-state index is -0.361. The summed E-state index contributed by atoms with van der Waals surface area (Å²) >= 11 is 1.35. The van der Waals surface area contributed by atoms with Crippen molar-refractivity contribution in [3.8, 4) is 11.5 Å². The van der Waals surface area contributed by atoms with Gasteiger partial charge in [0.1, 0.15) is 6.61 Å². The van der Waals surface area contributed by atoms with E-state index in [2.05, 4.69) is 22.1 Å². The fourth-order valence-corrected chi connectivity index (χ4v) is 3.32. The molecule has 0 fully saturated rings. The molecule has 1 N–H and O–H groups in total. The number of fused-ring (bicyclic) bond motifs is 1. The number of rotatable bonds is 8. The third-order valence-corrected chi connectivity index (χ3v) is 4.73. The first kappa shape index (κ1) is 18.3. The lowest BCUT2D eigenvalue weighted by molar-refractivity contribution is -0.118. The molecule has 1 atom stereocenters. The van der Waals surface area contributed by atoms with Crippen molar-refractivity contribution in [2.45, 2.75) is 31.1 Å². The van der Waals surface area contributed by atoms with Gasteiger partial charge in [-0.25, -0.2) is 0 Å². The average molecular weight is 374 g/mol. The maximum Gasteiger partial charge on any atom is 0.230 e. The second-order valence-electron chi connectivity index (χ2n) is 5.74. The fraction of sp³-hybridized carbons (Fsp3) is 0.389. The van der Waals surface area contributed by atoms with Gasteiger partial charge in [-0.1, -0.05) is 36.9 Å². The van der Waals surface area contributed by atoms with E-state index in [0.29, 0.717) is 42.2 Å². The summed E-state index contributed by atoms with van der Waals surface area (Å²) in [5.74, 6) is 2.35. The number of hydrogen-bond donors (Lipinski definition) is 1. The molecule has 0 saturated carbocycles. The van der Waals surface area contributed by atoms with E-state index in [1.165, 1.54) is 11.8 Å². The number of benzene rings is 1. The molecule has 0 unspecified atom stereocenters. The Kier molecular flexibility index (Phi) is 6.17. The van der Waals surface area contributed by atoms with Crippen molar-refractivity contribution in [1.29, 1.82) is 0 Å². The predicted octanol–water partition coefficient (Wildman–Crippen LogP) is 2.59. The Labute approximate surface area is 156 Å². The van der Waals surface area contributed by atoms with Gasteiger partial charge in [0.2, 0.25) is 5.91 Å². The monoisotopic (exact) mass is 374 g/mol. The molecule has 0 aliphatic carbocycles. The van der Waals surface area contributed by atoms with Crippen LogP contribution in [0.1, 0.15) is 25.3 Å². The highest BCUT2D eigenvalue weighted by Crippen LogP contribution is 2.36. The Bertz CT molecular complexity index is 778. The predicted molar refractivity (Wildman–Crippen MR) is 99.5 cm³/mol. The van der Waals surface area contributed by atoms with Crippen molar-refractivity contribution in [2.24, 2.45) is 0 Å². The van der Waals surface area contributed by atoms with Crippen molar-refractivity contribution in [3.63, 3.8) is 0 Å². The van der Waals surface area contributed by atoms with Crippen LogP contribution in [0.3, 0.4) is 0 Å². The minimum absolute atomic E-state index is 0.0160. The number of carbonyl (C=O) groups is 1. The van der Waals surface area contributed by atoms with E-state index in [1.54, 1.807) is 6.08 Å². The van der Waals surface area contributed by atoms with Crippen LogP contribution in [0.2, 0.25) is 0 Å². The Balaban J connectivity index is 1.73. The number of nitrogens with zero attached hydrogens (tertiary/aromatic N) is 3. The number of para-hydroxylation sites is 2. The molecule has 138 valence electrons. The standard InChI is InChI=1S/C18H22N4O3S/c1-3-9-19-16(23)12-26-18-21-20-17(22(18)10-4-2)15-11-24-13-7-5-6-8-14(13)25-15/h4-8,15H,2-3,9-12H2,1H3,(H,19,23)/t15-/m1/s1. The zero-order valence-electron chi connectivity index (χ0n) is 14.7. The van der Waals surface area contributed by atoms with Gasteiger partial charge >= 0.3 is 0 Å². The van der Waals surface area contributed by atoms with Crippen LogP contribution in [-0.4, -0.2) is 39.6 Å². The molecular weight excluding hydrogens is 352 g/mol. The summed E-state index contributed by atoms with van der Waals surface area (Å²) in [7, 11) is 0. The molecule has 26 heavy (non-hydrogen) atoms. The van der Waals surface area contributed by atoms with Crippen molar-refractivity contribution in [2.75, 3.05) is 18.9 Å². The molecule has 0 bridgehead atoms. The molecule has 1 aromatic carbocycles. The molecule has 0 saturated heterocycles. The lowest BCUT2D eigenvalue weighted by Gasteiger charge is -2.26. The normalized spacial score (nSPS) is 15.5. The minimum Gasteiger partial charge on any atom is -0.485 e. The molecule has 2 heterocycles. The van der Waals surface area contributed by atoms with Crippen LogP contribution in [0.4, 0.5) is 0 Å². The van der Waals surface area contributed by atoms with Crippen LogP contribution >= 0.6 is 11.8 Å². The van der Waals surface area contributed by atoms with Gasteiger partial charge < -0.3 is 14.8 Å². The van der Waals surface area contributed by atoms with Crippen molar-refractivity contribution in [1.82, 2.24) is 20.1 Å². The van der Waals surface area contributed by atoms with Gasteiger partial charge in [0.05, 0.1) is 5.75 Å². The van der Waals surface area contributed by atoms with E-state index in [0.717, 1.165) is 12.2 Å². The summed E-state index contributed by atoms with van der Waals surface area (Å²) in [5.41, 5.74) is 0. The quantitative estimate of drug-likeness (QED) is 0.565. The highest BCUT2D eigenvalue weighted by atomic mass is 32.2. The lowest BCUT2D eigenvalue weighted by atomic mass is 10.2. The number of allylic oxidation sites excluding steroid dienone is 1. The second-order valence-corrected chi connectivity index (χ2v) is 6.69. The molecule has 1 amide bonds. The Morgan fingerprint density at radius 3 is 3.00 bits per heavy atom. The Morgan fingerprint density at radius 1 is 1.42 bits per heavy atom. The molecule has 1 aliphatic heterocycles. The summed E-state index contributed by atoms with van der Waals surface area (Å²) in [6, 6.07) is 7.54. The first-order chi connectivity index (χ1) is 12.7. The maximum atomic E-state index is 11.8. The number of amides is 1. The second kappa shape index (κ2) is 8.75. The van der Waals surface area contributed by atoms with Crippen LogP contribution in [0.5, 0.6) is 11.5 Å². The Morgan fingerprint density at radius 2 is 2.23 bits per heavy atom. The first-order valence-electron chi connectivity index (χ1n) is 8.55. The van der Waals surface area contributed by atoms with E-state index in [4.69, 9.17) is 9.47 Å². The van der Waals surface area contributed by atoms with Crippen LogP contribution in [0, 0.1) is 0 Å². The molecule has 8 heteroatoms. The summed E-state index contributed by atoms with van der Waals surface area (Å²) in [5, 5.41) is 12.0. The van der Waals surface area contributed by atoms with Crippen molar-refractivity contribution >= 4 is 17.7 Å². The third kappa shape index (κ3) is 4.19. The molecule has 0 spiro atoms. The summed E-state index contributed by atoms with van der Waals surface area (Å²) in [6.07, 6.45) is 2.32. The molecule has 1 aliphatic rings. The Hall–Kier alpha value is -2.48. The number of thioether (sulfide) groups is 1. The van der Waals surface area contributed by atoms with E-state index < -0.39 is 0 Å². The number of nitrogens with one attached hydrogen (secondary N) is 1. The van der Waals surface area contributed by atoms with E-state index in [1.807, 2.05) is 35.8 Å². The van der Waals surface area contributed by atoms with E-state index in [9.17, 15) is 4.79 Å². The third-order valence-electron chi connectivity index (χ3n) is 3.76. The number of hydrogen-bond acceptors (Lipinski definition) is 6. The van der Waals surface area contributed by atoms with Crippen molar-refractivity contribution in [3.05, 3.63) is 42.7 Å². The first-order valence-corrected chi connectivity index (χ1v) is 9.53. The van der Waals surface area contributed by atoms with E-state index in [-0.39, 0.29) is 12.0 Å². The van der Waals surface area contributed by atoms with E-state index >= 15 is 0 Å². The van der Waals surface area contributed by atoms with Gasteiger partial charge in [0, 0.05) is 13.1 Å². The SMILES string of the molecule is C=CCn1c(SCC(=O)NCCC)nnc1[C@H]1COc2ccccc2O1. The average Bonchev–Trinajstić information content (AvgIpc) is 3.07. The highest BCUT2D eigenvalue weighted by molar-refractivity contribution is 7.99. The zero-order valence-corrected chi connectivity index (χ0v) is 15.5. The summed E-state index contributed by atoms with van der Waals surface area (Å²) < 4.78 is 13.7. The van der Waals surface area contributed by atoms with Crippen LogP contribution in [-0.2, 0) is 11.3 Å². The van der Waals surface area contributed by atoms with Gasteiger partial charge in [-0.15, -0.1) is 16.8 Å². The number of aromatic nitrogens is 3. The highest BCUT2D eigenvalue weighted by Gasteiger charge is 2.28. The van der Waals surface area contributed by atoms with Crippen LogP contribution in [0.15, 0.2) is 42.1 Å². The molecule has 1 aromatic heterocycles. The van der Waals surface area contributed by atoms with Gasteiger partial charge in [-0.3, -0.25) is 9.36 Å². The number of carbonyl (C=O) groups excluding carboxylic acids is 1. The van der Waals surface area contributed by atoms with Gasteiger partial charge in [0.25, 0.3) is 0 Å². The van der Waals surface area contributed by atoms with Gasteiger partial charge in [-0.05, 0) is 18.6 Å². The molecule has 0 radical (unpaired) electrons. The number of ether oxygens (including phenoxy) is 2. The zero-order chi connectivity index (χ0) is 18.4. The molecule has 3 rings (SSSR count).